The molecular formula is C17H20N2O5. The van der Waals surface area contributed by atoms with Crippen LogP contribution in [0.3, 0.4) is 0 Å². The molecule has 24 heavy (non-hydrogen) atoms. The normalized spacial score (nSPS) is 22.9. The summed E-state index contributed by atoms with van der Waals surface area (Å²) in [4.78, 5) is 39.4. The second kappa shape index (κ2) is 6.60. The lowest BCUT2D eigenvalue weighted by Gasteiger charge is -2.33. The molecule has 2 saturated heterocycles. The highest BCUT2D eigenvalue weighted by atomic mass is 16.5. The molecule has 3 rings (SSSR count). The fraction of sp³-hybridized carbons (Fsp3) is 0.471. The Kier molecular flexibility index (Phi) is 4.53. The monoisotopic (exact) mass is 332 g/mol. The van der Waals surface area contributed by atoms with Crippen molar-refractivity contribution < 1.29 is 24.2 Å². The van der Waals surface area contributed by atoms with Gasteiger partial charge >= 0.3 is 5.97 Å². The van der Waals surface area contributed by atoms with Crippen LogP contribution >= 0.6 is 0 Å². The summed E-state index contributed by atoms with van der Waals surface area (Å²) in [5, 5.41) is 9.07. The van der Waals surface area contributed by atoms with Gasteiger partial charge in [0.1, 0.15) is 5.75 Å². The third-order valence-corrected chi connectivity index (χ3v) is 4.77. The minimum absolute atomic E-state index is 0.120. The standard InChI is InChI=1S/C17H20N2O5/c1-24-14-5-3-2-4-12(14)19-15(20)10-13(16(19)21)18-8-6-11(7-9-18)17(22)23/h2-5,11,13H,6-10H2,1H3,(H,22,23)/t13-/m1/s1. The average Bonchev–Trinajstić information content (AvgIpc) is 2.89. The number of anilines is 1. The van der Waals surface area contributed by atoms with Gasteiger partial charge in [0.2, 0.25) is 5.91 Å². The van der Waals surface area contributed by atoms with Gasteiger partial charge in [0.15, 0.2) is 0 Å². The Morgan fingerprint density at radius 1 is 1.21 bits per heavy atom. The number of benzene rings is 1. The van der Waals surface area contributed by atoms with Crippen molar-refractivity contribution in [1.29, 1.82) is 0 Å². The van der Waals surface area contributed by atoms with Crippen molar-refractivity contribution in [2.75, 3.05) is 25.1 Å². The number of imide groups is 1. The van der Waals surface area contributed by atoms with Crippen LogP contribution in [0, 0.1) is 5.92 Å². The first-order chi connectivity index (χ1) is 11.5. The Morgan fingerprint density at radius 3 is 2.50 bits per heavy atom. The lowest BCUT2D eigenvalue weighted by atomic mass is 9.96. The lowest BCUT2D eigenvalue weighted by molar-refractivity contribution is -0.143. The number of para-hydroxylation sites is 2. The molecule has 2 amide bonds. The summed E-state index contributed by atoms with van der Waals surface area (Å²) >= 11 is 0. The molecule has 2 aliphatic rings. The SMILES string of the molecule is COc1ccccc1N1C(=O)C[C@@H](N2CCC(C(=O)O)CC2)C1=O. The van der Waals surface area contributed by atoms with Gasteiger partial charge in [0.25, 0.3) is 5.91 Å². The summed E-state index contributed by atoms with van der Waals surface area (Å²) in [6, 6.07) is 6.41. The number of hydrogen-bond donors (Lipinski definition) is 1. The van der Waals surface area contributed by atoms with Gasteiger partial charge in [0, 0.05) is 0 Å². The molecule has 0 aromatic heterocycles. The summed E-state index contributed by atoms with van der Waals surface area (Å²) in [6.07, 6.45) is 1.12. The largest absolute Gasteiger partial charge is 0.495 e. The predicted octanol–water partition coefficient (Wildman–Crippen LogP) is 1.12. The highest BCUT2D eigenvalue weighted by Gasteiger charge is 2.44. The summed E-state index contributed by atoms with van der Waals surface area (Å²) in [5.41, 5.74) is 0.456. The molecule has 1 aromatic rings. The predicted molar refractivity (Wildman–Crippen MR) is 85.8 cm³/mol. The maximum Gasteiger partial charge on any atom is 0.306 e. The average molecular weight is 332 g/mol. The second-order valence-corrected chi connectivity index (χ2v) is 6.11. The van der Waals surface area contributed by atoms with Gasteiger partial charge in [0.05, 0.1) is 31.2 Å². The van der Waals surface area contributed by atoms with Crippen molar-refractivity contribution in [2.45, 2.75) is 25.3 Å². The number of hydrogen-bond acceptors (Lipinski definition) is 5. The summed E-state index contributed by atoms with van der Waals surface area (Å²) in [7, 11) is 1.50. The second-order valence-electron chi connectivity index (χ2n) is 6.11. The van der Waals surface area contributed by atoms with Crippen LogP contribution in [-0.4, -0.2) is 54.0 Å². The van der Waals surface area contributed by atoms with Gasteiger partial charge in [-0.2, -0.15) is 0 Å². The van der Waals surface area contributed by atoms with E-state index in [4.69, 9.17) is 9.84 Å². The zero-order valence-electron chi connectivity index (χ0n) is 13.5. The molecule has 0 spiro atoms. The quantitative estimate of drug-likeness (QED) is 0.832. The van der Waals surface area contributed by atoms with Crippen molar-refractivity contribution in [3.05, 3.63) is 24.3 Å². The third kappa shape index (κ3) is 2.87. The number of methoxy groups -OCH3 is 1. The van der Waals surface area contributed by atoms with E-state index in [1.807, 2.05) is 4.90 Å². The van der Waals surface area contributed by atoms with E-state index < -0.39 is 12.0 Å². The molecule has 2 heterocycles. The van der Waals surface area contributed by atoms with E-state index in [0.717, 1.165) is 0 Å². The Balaban J connectivity index is 1.76. The number of carbonyl (C=O) groups is 3. The van der Waals surface area contributed by atoms with E-state index in [1.165, 1.54) is 12.0 Å². The van der Waals surface area contributed by atoms with Crippen LogP contribution in [0.25, 0.3) is 0 Å². The van der Waals surface area contributed by atoms with Crippen LogP contribution in [0.1, 0.15) is 19.3 Å². The molecule has 1 N–H and O–H groups in total. The minimum atomic E-state index is -0.792. The Hall–Kier alpha value is -2.41. The van der Waals surface area contributed by atoms with Gasteiger partial charge in [-0.1, -0.05) is 12.1 Å². The van der Waals surface area contributed by atoms with Crippen molar-refractivity contribution in [3.8, 4) is 5.75 Å². The van der Waals surface area contributed by atoms with Gasteiger partial charge in [-0.3, -0.25) is 19.3 Å². The van der Waals surface area contributed by atoms with Gasteiger partial charge in [-0.25, -0.2) is 4.90 Å². The van der Waals surface area contributed by atoms with E-state index in [0.29, 0.717) is 37.4 Å². The Bertz CT molecular complexity index is 667. The molecule has 7 nitrogen and oxygen atoms in total. The first-order valence-corrected chi connectivity index (χ1v) is 7.99. The van der Waals surface area contributed by atoms with E-state index in [2.05, 4.69) is 0 Å². The Morgan fingerprint density at radius 2 is 1.88 bits per heavy atom. The van der Waals surface area contributed by atoms with Crippen LogP contribution in [0.15, 0.2) is 24.3 Å². The number of aliphatic carboxylic acids is 1. The molecule has 0 bridgehead atoms. The third-order valence-electron chi connectivity index (χ3n) is 4.77. The maximum absolute atomic E-state index is 12.8. The first-order valence-electron chi connectivity index (χ1n) is 7.99. The van der Waals surface area contributed by atoms with Crippen LogP contribution in [-0.2, 0) is 14.4 Å². The number of carboxylic acids is 1. The number of carboxylic acid groups (broad SMARTS) is 1. The van der Waals surface area contributed by atoms with Gasteiger partial charge < -0.3 is 9.84 Å². The molecule has 7 heteroatoms. The number of carbonyl (C=O) groups excluding carboxylic acids is 2. The lowest BCUT2D eigenvalue weighted by Crippen LogP contribution is -2.46. The number of amides is 2. The molecule has 2 aliphatic heterocycles. The van der Waals surface area contributed by atoms with Crippen molar-refractivity contribution >= 4 is 23.5 Å². The number of ether oxygens (including phenoxy) is 1. The molecule has 0 aliphatic carbocycles. The zero-order valence-corrected chi connectivity index (χ0v) is 13.5. The van der Waals surface area contributed by atoms with Crippen molar-refractivity contribution in [2.24, 2.45) is 5.92 Å². The number of likely N-dealkylation sites (tertiary alicyclic amines) is 1. The van der Waals surface area contributed by atoms with Crippen LogP contribution in [0.5, 0.6) is 5.75 Å². The molecule has 0 unspecified atom stereocenters. The summed E-state index contributed by atoms with van der Waals surface area (Å²) < 4.78 is 5.25. The molecule has 0 saturated carbocycles. The molecule has 1 aromatic carbocycles. The molecule has 2 fully saturated rings. The number of nitrogens with zero attached hydrogens (tertiary/aromatic N) is 2. The van der Waals surface area contributed by atoms with Gasteiger partial charge in [-0.05, 0) is 38.1 Å². The maximum atomic E-state index is 12.8. The fourth-order valence-electron chi connectivity index (χ4n) is 3.43. The van der Waals surface area contributed by atoms with E-state index >= 15 is 0 Å². The minimum Gasteiger partial charge on any atom is -0.495 e. The fourth-order valence-corrected chi connectivity index (χ4v) is 3.43. The molecule has 1 atom stereocenters. The van der Waals surface area contributed by atoms with Crippen molar-refractivity contribution in [1.82, 2.24) is 4.90 Å². The van der Waals surface area contributed by atoms with E-state index in [9.17, 15) is 14.4 Å². The topological polar surface area (TPSA) is 87.2 Å². The van der Waals surface area contributed by atoms with Crippen molar-refractivity contribution in [3.63, 3.8) is 0 Å². The van der Waals surface area contributed by atoms with Crippen LogP contribution < -0.4 is 9.64 Å². The van der Waals surface area contributed by atoms with E-state index in [1.54, 1.807) is 24.3 Å². The molecule has 0 radical (unpaired) electrons. The zero-order chi connectivity index (χ0) is 17.3. The highest BCUT2D eigenvalue weighted by molar-refractivity contribution is 6.23. The van der Waals surface area contributed by atoms with Crippen LogP contribution in [0.2, 0.25) is 0 Å². The first kappa shape index (κ1) is 16.4. The summed E-state index contributed by atoms with van der Waals surface area (Å²) in [6.45, 7) is 1.03. The smallest absolute Gasteiger partial charge is 0.306 e. The van der Waals surface area contributed by atoms with Gasteiger partial charge in [-0.15, -0.1) is 0 Å². The molecule has 128 valence electrons. The Labute approximate surface area is 139 Å². The van der Waals surface area contributed by atoms with E-state index in [-0.39, 0.29) is 24.2 Å². The number of piperidine rings is 1. The highest BCUT2D eigenvalue weighted by Crippen LogP contribution is 2.34. The summed E-state index contributed by atoms with van der Waals surface area (Å²) in [5.74, 6) is -1.20. The molecular weight excluding hydrogens is 312 g/mol. The number of rotatable bonds is 4. The van der Waals surface area contributed by atoms with Crippen LogP contribution in [0.4, 0.5) is 5.69 Å².